The van der Waals surface area contributed by atoms with E-state index in [1.54, 1.807) is 7.11 Å². The third-order valence-electron chi connectivity index (χ3n) is 2.53. The molecule has 1 aromatic heterocycles. The highest BCUT2D eigenvalue weighted by atomic mass is 19.1. The average molecular weight is 244 g/mol. The van der Waals surface area contributed by atoms with Gasteiger partial charge in [0.1, 0.15) is 5.82 Å². The number of anilines is 1. The maximum Gasteiger partial charge on any atom is 0.168 e. The van der Waals surface area contributed by atoms with E-state index in [1.165, 1.54) is 0 Å². The quantitative estimate of drug-likeness (QED) is 0.835. The fourth-order valence-electron chi connectivity index (χ4n) is 1.33. The maximum absolute atomic E-state index is 13.3. The van der Waals surface area contributed by atoms with Gasteiger partial charge in [-0.2, -0.15) is 0 Å². The topological polar surface area (TPSA) is 34.1 Å². The molecule has 17 heavy (non-hydrogen) atoms. The lowest BCUT2D eigenvalue weighted by molar-refractivity contribution is 0.157. The molecule has 1 aromatic rings. The average Bonchev–Trinajstić information content (AvgIpc) is 2.25. The van der Waals surface area contributed by atoms with E-state index in [0.29, 0.717) is 13.2 Å². The molecule has 1 N–H and O–H groups in total. The standard InChI is InChI=1S/C12H18F2N2O/c1-12(2,4-5-17-3)8-16-11-10(14)6-9(13)7-15-11/h6-7H,4-5,8H2,1-3H3,(H,15,16). The third-order valence-corrected chi connectivity index (χ3v) is 2.53. The highest BCUT2D eigenvalue weighted by molar-refractivity contribution is 5.35. The van der Waals surface area contributed by atoms with E-state index >= 15 is 0 Å². The van der Waals surface area contributed by atoms with Crippen molar-refractivity contribution in [2.24, 2.45) is 5.41 Å². The minimum absolute atomic E-state index is 0.0431. The van der Waals surface area contributed by atoms with Crippen molar-refractivity contribution in [3.8, 4) is 0 Å². The van der Waals surface area contributed by atoms with Gasteiger partial charge in [-0.15, -0.1) is 0 Å². The molecular formula is C12H18F2N2O. The maximum atomic E-state index is 13.3. The van der Waals surface area contributed by atoms with Crippen LogP contribution in [-0.4, -0.2) is 25.2 Å². The Morgan fingerprint density at radius 1 is 1.41 bits per heavy atom. The van der Waals surface area contributed by atoms with Crippen molar-refractivity contribution in [1.82, 2.24) is 4.98 Å². The van der Waals surface area contributed by atoms with Crippen molar-refractivity contribution in [3.63, 3.8) is 0 Å². The van der Waals surface area contributed by atoms with Crippen molar-refractivity contribution in [3.05, 3.63) is 23.9 Å². The van der Waals surface area contributed by atoms with Crippen LogP contribution in [0.3, 0.4) is 0 Å². The molecule has 0 atom stereocenters. The van der Waals surface area contributed by atoms with Crippen molar-refractivity contribution in [2.75, 3.05) is 25.6 Å². The van der Waals surface area contributed by atoms with Crippen molar-refractivity contribution >= 4 is 5.82 Å². The molecule has 1 heterocycles. The van der Waals surface area contributed by atoms with Gasteiger partial charge < -0.3 is 10.1 Å². The molecule has 0 radical (unpaired) electrons. The zero-order valence-corrected chi connectivity index (χ0v) is 10.4. The molecule has 0 aliphatic heterocycles. The first-order chi connectivity index (χ1) is 7.94. The van der Waals surface area contributed by atoms with E-state index in [9.17, 15) is 8.78 Å². The van der Waals surface area contributed by atoms with Crippen molar-refractivity contribution in [2.45, 2.75) is 20.3 Å². The summed E-state index contributed by atoms with van der Waals surface area (Å²) >= 11 is 0. The number of nitrogens with zero attached hydrogens (tertiary/aromatic N) is 1. The smallest absolute Gasteiger partial charge is 0.168 e. The summed E-state index contributed by atoms with van der Waals surface area (Å²) in [6.45, 7) is 5.28. The lowest BCUT2D eigenvalue weighted by atomic mass is 9.90. The Morgan fingerprint density at radius 3 is 2.71 bits per heavy atom. The predicted molar refractivity (Wildman–Crippen MR) is 62.9 cm³/mol. The lowest BCUT2D eigenvalue weighted by Crippen LogP contribution is -2.25. The SMILES string of the molecule is COCCC(C)(C)CNc1ncc(F)cc1F. The zero-order chi connectivity index (χ0) is 12.9. The van der Waals surface area contributed by atoms with Gasteiger partial charge in [-0.05, 0) is 11.8 Å². The van der Waals surface area contributed by atoms with Crippen LogP contribution in [0.25, 0.3) is 0 Å². The van der Waals surface area contributed by atoms with Gasteiger partial charge in [0.2, 0.25) is 0 Å². The number of nitrogens with one attached hydrogen (secondary N) is 1. The number of rotatable bonds is 6. The summed E-state index contributed by atoms with van der Waals surface area (Å²) in [4.78, 5) is 3.67. The van der Waals surface area contributed by atoms with Gasteiger partial charge in [-0.1, -0.05) is 13.8 Å². The summed E-state index contributed by atoms with van der Waals surface area (Å²) in [7, 11) is 1.64. The van der Waals surface area contributed by atoms with Crippen LogP contribution in [0, 0.1) is 17.0 Å². The monoisotopic (exact) mass is 244 g/mol. The number of ether oxygens (including phenoxy) is 1. The van der Waals surface area contributed by atoms with Crippen molar-refractivity contribution in [1.29, 1.82) is 0 Å². The van der Waals surface area contributed by atoms with Crippen LogP contribution in [0.5, 0.6) is 0 Å². The molecule has 1 rings (SSSR count). The fourth-order valence-corrected chi connectivity index (χ4v) is 1.33. The third kappa shape index (κ3) is 4.65. The summed E-state index contributed by atoms with van der Waals surface area (Å²) in [5, 5.41) is 2.88. The molecule has 0 unspecified atom stereocenters. The van der Waals surface area contributed by atoms with Gasteiger partial charge >= 0.3 is 0 Å². The summed E-state index contributed by atoms with van der Waals surface area (Å²) in [6, 6.07) is 0.817. The van der Waals surface area contributed by atoms with E-state index in [2.05, 4.69) is 10.3 Å². The van der Waals surface area contributed by atoms with Crippen LogP contribution in [0.1, 0.15) is 20.3 Å². The van der Waals surface area contributed by atoms with Crippen LogP contribution in [0.4, 0.5) is 14.6 Å². The molecule has 0 aliphatic carbocycles. The van der Waals surface area contributed by atoms with E-state index in [4.69, 9.17) is 4.74 Å². The minimum Gasteiger partial charge on any atom is -0.385 e. The number of pyridine rings is 1. The molecule has 0 bridgehead atoms. The molecule has 0 saturated carbocycles. The van der Waals surface area contributed by atoms with E-state index in [0.717, 1.165) is 18.7 Å². The highest BCUT2D eigenvalue weighted by Crippen LogP contribution is 2.21. The molecule has 0 amide bonds. The van der Waals surface area contributed by atoms with Gasteiger partial charge in [-0.25, -0.2) is 13.8 Å². The number of hydrogen-bond donors (Lipinski definition) is 1. The summed E-state index contributed by atoms with van der Waals surface area (Å²) in [6.07, 6.45) is 1.84. The summed E-state index contributed by atoms with van der Waals surface area (Å²) < 4.78 is 30.9. The molecular weight excluding hydrogens is 226 g/mol. The largest absolute Gasteiger partial charge is 0.385 e. The van der Waals surface area contributed by atoms with E-state index in [-0.39, 0.29) is 11.2 Å². The van der Waals surface area contributed by atoms with E-state index in [1.807, 2.05) is 13.8 Å². The number of aromatic nitrogens is 1. The fraction of sp³-hybridized carbons (Fsp3) is 0.583. The Morgan fingerprint density at radius 2 is 2.12 bits per heavy atom. The van der Waals surface area contributed by atoms with Gasteiger partial charge in [0.05, 0.1) is 6.20 Å². The second-order valence-electron chi connectivity index (χ2n) is 4.74. The van der Waals surface area contributed by atoms with Crippen molar-refractivity contribution < 1.29 is 13.5 Å². The molecule has 96 valence electrons. The molecule has 0 spiro atoms. The Labute approximate surface area is 100 Å². The Hall–Kier alpha value is -1.23. The first-order valence-corrected chi connectivity index (χ1v) is 5.48. The van der Waals surface area contributed by atoms with Crippen LogP contribution in [-0.2, 0) is 4.74 Å². The second-order valence-corrected chi connectivity index (χ2v) is 4.74. The summed E-state index contributed by atoms with van der Waals surface area (Å²) in [5.74, 6) is -1.27. The first kappa shape index (κ1) is 13.8. The number of halogens is 2. The van der Waals surface area contributed by atoms with Crippen LogP contribution < -0.4 is 5.32 Å². The minimum atomic E-state index is -0.674. The molecule has 0 saturated heterocycles. The molecule has 0 aliphatic rings. The van der Waals surface area contributed by atoms with Crippen LogP contribution in [0.15, 0.2) is 12.3 Å². The molecule has 0 fully saturated rings. The van der Waals surface area contributed by atoms with E-state index < -0.39 is 11.6 Å². The van der Waals surface area contributed by atoms with Gasteiger partial charge in [0.15, 0.2) is 11.6 Å². The number of methoxy groups -OCH3 is 1. The zero-order valence-electron chi connectivity index (χ0n) is 10.4. The highest BCUT2D eigenvalue weighted by Gasteiger charge is 2.18. The first-order valence-electron chi connectivity index (χ1n) is 5.48. The molecule has 3 nitrogen and oxygen atoms in total. The van der Waals surface area contributed by atoms with Gasteiger partial charge in [-0.3, -0.25) is 0 Å². The Bertz CT molecular complexity index is 370. The lowest BCUT2D eigenvalue weighted by Gasteiger charge is -2.24. The normalized spacial score (nSPS) is 11.6. The molecule has 5 heteroatoms. The second kappa shape index (κ2) is 5.91. The Kier molecular flexibility index (Phi) is 4.81. The Balaban J connectivity index is 2.54. The predicted octanol–water partition coefficient (Wildman–Crippen LogP) is 2.83. The van der Waals surface area contributed by atoms with Gasteiger partial charge in [0.25, 0.3) is 0 Å². The number of hydrogen-bond acceptors (Lipinski definition) is 3. The molecule has 0 aromatic carbocycles. The van der Waals surface area contributed by atoms with Crippen LogP contribution >= 0.6 is 0 Å². The summed E-state index contributed by atoms with van der Waals surface area (Å²) in [5.41, 5.74) is -0.0431. The van der Waals surface area contributed by atoms with Gasteiger partial charge in [0, 0.05) is 26.3 Å². The van der Waals surface area contributed by atoms with Crippen LogP contribution in [0.2, 0.25) is 0 Å².